The predicted octanol–water partition coefficient (Wildman–Crippen LogP) is 1.20. The Kier molecular flexibility index (Phi) is 2.39. The summed E-state index contributed by atoms with van der Waals surface area (Å²) in [6.45, 7) is 0. The predicted molar refractivity (Wildman–Crippen MR) is 69.3 cm³/mol. The number of benzene rings is 1. The fourth-order valence-electron chi connectivity index (χ4n) is 1.97. The van der Waals surface area contributed by atoms with E-state index in [1.165, 1.54) is 6.07 Å². The average molecular weight is 251 g/mol. The highest BCUT2D eigenvalue weighted by Crippen LogP contribution is 2.22. The van der Waals surface area contributed by atoms with Crippen molar-refractivity contribution in [1.29, 1.82) is 5.26 Å². The van der Waals surface area contributed by atoms with E-state index >= 15 is 0 Å². The molecular weight excluding hydrogens is 242 g/mol. The van der Waals surface area contributed by atoms with Gasteiger partial charge in [0.2, 0.25) is 0 Å². The molecule has 6 heteroatoms. The standard InChI is InChI=1S/C13H9N5O/c1-18-11-4-2-8(7-14)6-10(11)15-13(18)9-3-5-12(19)17-16-9/h2-6H,1H3,(H,17,19). The number of fused-ring (bicyclic) bond motifs is 1. The van der Waals surface area contributed by atoms with Crippen LogP contribution in [0.4, 0.5) is 0 Å². The third kappa shape index (κ3) is 1.77. The van der Waals surface area contributed by atoms with Crippen molar-refractivity contribution in [3.8, 4) is 17.6 Å². The maximum Gasteiger partial charge on any atom is 0.264 e. The third-order valence-electron chi connectivity index (χ3n) is 2.92. The summed E-state index contributed by atoms with van der Waals surface area (Å²) < 4.78 is 1.87. The first kappa shape index (κ1) is 11.2. The SMILES string of the molecule is Cn1c(-c2ccc(=O)[nH]n2)nc2cc(C#N)ccc21. The summed E-state index contributed by atoms with van der Waals surface area (Å²) in [6.07, 6.45) is 0. The molecule has 1 aromatic carbocycles. The minimum absolute atomic E-state index is 0.255. The molecule has 2 heterocycles. The number of aryl methyl sites for hydroxylation is 1. The van der Waals surface area contributed by atoms with E-state index in [0.717, 1.165) is 11.0 Å². The van der Waals surface area contributed by atoms with Crippen molar-refractivity contribution >= 4 is 11.0 Å². The molecule has 0 unspecified atom stereocenters. The summed E-state index contributed by atoms with van der Waals surface area (Å²) in [5, 5.41) is 15.2. The van der Waals surface area contributed by atoms with Crippen LogP contribution in [-0.4, -0.2) is 19.7 Å². The zero-order valence-corrected chi connectivity index (χ0v) is 10.1. The van der Waals surface area contributed by atoms with Gasteiger partial charge in [-0.3, -0.25) is 4.79 Å². The minimum atomic E-state index is -0.255. The number of nitriles is 1. The van der Waals surface area contributed by atoms with Gasteiger partial charge in [0.05, 0.1) is 22.7 Å². The second-order valence-electron chi connectivity index (χ2n) is 4.12. The van der Waals surface area contributed by atoms with Crippen LogP contribution in [-0.2, 0) is 7.05 Å². The Hall–Kier alpha value is -2.94. The van der Waals surface area contributed by atoms with Gasteiger partial charge in [-0.2, -0.15) is 10.4 Å². The number of rotatable bonds is 1. The van der Waals surface area contributed by atoms with Crippen LogP contribution < -0.4 is 5.56 Å². The molecule has 0 bridgehead atoms. The Morgan fingerprint density at radius 1 is 1.32 bits per heavy atom. The number of hydrogen-bond donors (Lipinski definition) is 1. The lowest BCUT2D eigenvalue weighted by Crippen LogP contribution is -2.07. The van der Waals surface area contributed by atoms with Crippen LogP contribution in [0, 0.1) is 11.3 Å². The van der Waals surface area contributed by atoms with Gasteiger partial charge in [0, 0.05) is 13.1 Å². The highest BCUT2D eigenvalue weighted by Gasteiger charge is 2.11. The lowest BCUT2D eigenvalue weighted by Gasteiger charge is -2.00. The van der Waals surface area contributed by atoms with E-state index in [2.05, 4.69) is 21.3 Å². The van der Waals surface area contributed by atoms with Crippen molar-refractivity contribution in [2.75, 3.05) is 0 Å². The van der Waals surface area contributed by atoms with Crippen LogP contribution in [0.15, 0.2) is 35.1 Å². The monoisotopic (exact) mass is 251 g/mol. The molecule has 6 nitrogen and oxygen atoms in total. The fourth-order valence-corrected chi connectivity index (χ4v) is 1.97. The molecule has 0 aliphatic carbocycles. The van der Waals surface area contributed by atoms with Gasteiger partial charge in [-0.15, -0.1) is 0 Å². The summed E-state index contributed by atoms with van der Waals surface area (Å²) in [4.78, 5) is 15.5. The van der Waals surface area contributed by atoms with Gasteiger partial charge in [-0.05, 0) is 24.3 Å². The average Bonchev–Trinajstić information content (AvgIpc) is 2.76. The van der Waals surface area contributed by atoms with E-state index in [1.807, 2.05) is 17.7 Å². The van der Waals surface area contributed by atoms with Gasteiger partial charge in [-0.1, -0.05) is 0 Å². The van der Waals surface area contributed by atoms with Gasteiger partial charge in [0.1, 0.15) is 5.69 Å². The molecule has 1 N–H and O–H groups in total. The molecular formula is C13H9N5O. The minimum Gasteiger partial charge on any atom is -0.326 e. The van der Waals surface area contributed by atoms with Crippen molar-refractivity contribution in [3.05, 3.63) is 46.2 Å². The summed E-state index contributed by atoms with van der Waals surface area (Å²) in [6, 6.07) is 10.4. The molecule has 0 atom stereocenters. The molecule has 0 radical (unpaired) electrons. The van der Waals surface area contributed by atoms with Crippen molar-refractivity contribution in [2.45, 2.75) is 0 Å². The number of aromatic nitrogens is 4. The maximum absolute atomic E-state index is 11.0. The molecule has 2 aromatic heterocycles. The number of aromatic amines is 1. The lowest BCUT2D eigenvalue weighted by atomic mass is 10.2. The molecule has 3 aromatic rings. The van der Waals surface area contributed by atoms with Gasteiger partial charge in [-0.25, -0.2) is 10.1 Å². The first-order chi connectivity index (χ1) is 9.19. The molecule has 92 valence electrons. The van der Waals surface area contributed by atoms with Gasteiger partial charge in [0.25, 0.3) is 5.56 Å². The number of H-pyrrole nitrogens is 1. The lowest BCUT2D eigenvalue weighted by molar-refractivity contribution is 0.920. The van der Waals surface area contributed by atoms with E-state index in [4.69, 9.17) is 5.26 Å². The zero-order valence-electron chi connectivity index (χ0n) is 10.1. The molecule has 3 rings (SSSR count). The van der Waals surface area contributed by atoms with E-state index in [0.29, 0.717) is 17.1 Å². The second kappa shape index (κ2) is 4.07. The number of hydrogen-bond acceptors (Lipinski definition) is 4. The van der Waals surface area contributed by atoms with E-state index in [1.54, 1.807) is 18.2 Å². The third-order valence-corrected chi connectivity index (χ3v) is 2.92. The first-order valence-electron chi connectivity index (χ1n) is 5.62. The Morgan fingerprint density at radius 3 is 2.84 bits per heavy atom. The Bertz CT molecular complexity index is 848. The number of imidazole rings is 1. The van der Waals surface area contributed by atoms with Crippen LogP contribution in [0.25, 0.3) is 22.6 Å². The molecule has 0 aliphatic heterocycles. The Labute approximate surface area is 108 Å². The zero-order chi connectivity index (χ0) is 13.4. The van der Waals surface area contributed by atoms with Crippen LogP contribution in [0.2, 0.25) is 0 Å². The van der Waals surface area contributed by atoms with Crippen LogP contribution in [0.1, 0.15) is 5.56 Å². The highest BCUT2D eigenvalue weighted by atomic mass is 16.1. The fraction of sp³-hybridized carbons (Fsp3) is 0.0769. The molecule has 0 aliphatic rings. The highest BCUT2D eigenvalue weighted by molar-refractivity contribution is 5.81. The molecule has 0 saturated carbocycles. The maximum atomic E-state index is 11.0. The first-order valence-corrected chi connectivity index (χ1v) is 5.62. The summed E-state index contributed by atoms with van der Waals surface area (Å²) >= 11 is 0. The van der Waals surface area contributed by atoms with E-state index < -0.39 is 0 Å². The van der Waals surface area contributed by atoms with Crippen LogP contribution in [0.3, 0.4) is 0 Å². The second-order valence-corrected chi connectivity index (χ2v) is 4.12. The van der Waals surface area contributed by atoms with E-state index in [9.17, 15) is 4.79 Å². The van der Waals surface area contributed by atoms with Crippen LogP contribution >= 0.6 is 0 Å². The Morgan fingerprint density at radius 2 is 2.16 bits per heavy atom. The molecule has 0 amide bonds. The molecule has 0 spiro atoms. The van der Waals surface area contributed by atoms with Gasteiger partial charge >= 0.3 is 0 Å². The summed E-state index contributed by atoms with van der Waals surface area (Å²) in [5.74, 6) is 0.640. The summed E-state index contributed by atoms with van der Waals surface area (Å²) in [5.41, 5.74) is 2.52. The summed E-state index contributed by atoms with van der Waals surface area (Å²) in [7, 11) is 1.86. The van der Waals surface area contributed by atoms with E-state index in [-0.39, 0.29) is 5.56 Å². The molecule has 0 fully saturated rings. The van der Waals surface area contributed by atoms with Crippen LogP contribution in [0.5, 0.6) is 0 Å². The van der Waals surface area contributed by atoms with Crippen molar-refractivity contribution in [2.24, 2.45) is 7.05 Å². The Balaban J connectivity index is 2.25. The van der Waals surface area contributed by atoms with Crippen molar-refractivity contribution in [3.63, 3.8) is 0 Å². The van der Waals surface area contributed by atoms with Gasteiger partial charge < -0.3 is 4.57 Å². The smallest absolute Gasteiger partial charge is 0.264 e. The largest absolute Gasteiger partial charge is 0.326 e. The number of nitrogens with zero attached hydrogens (tertiary/aromatic N) is 4. The topological polar surface area (TPSA) is 87.4 Å². The van der Waals surface area contributed by atoms with Gasteiger partial charge in [0.15, 0.2) is 5.82 Å². The molecule has 19 heavy (non-hydrogen) atoms. The normalized spacial score (nSPS) is 10.5. The van der Waals surface area contributed by atoms with Crippen molar-refractivity contribution in [1.82, 2.24) is 19.7 Å². The van der Waals surface area contributed by atoms with Crippen molar-refractivity contribution < 1.29 is 0 Å². The quantitative estimate of drug-likeness (QED) is 0.703. The number of nitrogens with one attached hydrogen (secondary N) is 1. The molecule has 0 saturated heterocycles.